The molecule has 24 heavy (non-hydrogen) atoms. The molecule has 6 nitrogen and oxygen atoms in total. The summed E-state index contributed by atoms with van der Waals surface area (Å²) in [4.78, 5) is 13.3. The lowest BCUT2D eigenvalue weighted by Gasteiger charge is -2.34. The minimum Gasteiger partial charge on any atom is -0.478 e. The van der Waals surface area contributed by atoms with E-state index in [1.807, 2.05) is 0 Å². The van der Waals surface area contributed by atoms with Crippen LogP contribution < -0.4 is 0 Å². The van der Waals surface area contributed by atoms with Gasteiger partial charge in [-0.3, -0.25) is 4.90 Å². The summed E-state index contributed by atoms with van der Waals surface area (Å²) in [6, 6.07) is 5.00. The minimum absolute atomic E-state index is 0.103. The Labute approximate surface area is 148 Å². The predicted octanol–water partition coefficient (Wildman–Crippen LogP) is 2.14. The number of hydrogen-bond donors (Lipinski definition) is 1. The van der Waals surface area contributed by atoms with Gasteiger partial charge in [-0.05, 0) is 43.0 Å². The van der Waals surface area contributed by atoms with Crippen molar-refractivity contribution in [2.45, 2.75) is 19.4 Å². The fraction of sp³-hybridized carbons (Fsp3) is 0.562. The molecule has 0 aromatic heterocycles. The quantitative estimate of drug-likeness (QED) is 0.825. The lowest BCUT2D eigenvalue weighted by atomic mass is 9.97. The van der Waals surface area contributed by atoms with Crippen molar-refractivity contribution < 1.29 is 18.3 Å². The van der Waals surface area contributed by atoms with Gasteiger partial charge in [0.1, 0.15) is 0 Å². The third kappa shape index (κ3) is 5.17. The lowest BCUT2D eigenvalue weighted by Crippen LogP contribution is -2.41. The zero-order chi connectivity index (χ0) is 17.9. The van der Waals surface area contributed by atoms with Crippen molar-refractivity contribution in [3.8, 4) is 0 Å². The number of hydrogen-bond acceptors (Lipinski definition) is 4. The smallest absolute Gasteiger partial charge is 0.337 e. The highest BCUT2D eigenvalue weighted by Gasteiger charge is 2.24. The van der Waals surface area contributed by atoms with Gasteiger partial charge in [0.15, 0.2) is 0 Å². The number of piperidine rings is 1. The monoisotopic (exact) mass is 374 g/mol. The van der Waals surface area contributed by atoms with Crippen LogP contribution >= 0.6 is 11.6 Å². The summed E-state index contributed by atoms with van der Waals surface area (Å²) < 4.78 is 24.5. The van der Waals surface area contributed by atoms with Gasteiger partial charge in [0, 0.05) is 26.7 Å². The molecule has 1 aliphatic heterocycles. The molecule has 1 aromatic rings. The van der Waals surface area contributed by atoms with Crippen molar-refractivity contribution in [3.05, 3.63) is 34.3 Å². The van der Waals surface area contributed by atoms with Gasteiger partial charge in [-0.25, -0.2) is 17.5 Å². The molecule has 1 saturated heterocycles. The molecule has 0 amide bonds. The van der Waals surface area contributed by atoms with E-state index in [1.54, 1.807) is 19.2 Å². The molecule has 0 radical (unpaired) electrons. The first-order valence-corrected chi connectivity index (χ1v) is 10.0. The number of carboxylic acid groups (broad SMARTS) is 1. The van der Waals surface area contributed by atoms with Crippen molar-refractivity contribution in [1.82, 2.24) is 9.21 Å². The van der Waals surface area contributed by atoms with Gasteiger partial charge >= 0.3 is 5.97 Å². The molecule has 1 fully saturated rings. The molecular weight excluding hydrogens is 352 g/mol. The van der Waals surface area contributed by atoms with Crippen LogP contribution in [0.2, 0.25) is 5.02 Å². The van der Waals surface area contributed by atoms with Crippen LogP contribution in [0.5, 0.6) is 0 Å². The molecule has 0 spiro atoms. The third-order valence-corrected chi connectivity index (χ3v) is 5.95. The summed E-state index contributed by atoms with van der Waals surface area (Å²) >= 11 is 6.02. The van der Waals surface area contributed by atoms with E-state index in [-0.39, 0.29) is 10.6 Å². The Kier molecular flexibility index (Phi) is 6.25. The summed E-state index contributed by atoms with van der Waals surface area (Å²) in [7, 11) is -1.55. The van der Waals surface area contributed by atoms with Crippen LogP contribution in [0.1, 0.15) is 28.8 Å². The van der Waals surface area contributed by atoms with E-state index in [2.05, 4.69) is 4.90 Å². The Bertz CT molecular complexity index is 708. The maximum Gasteiger partial charge on any atom is 0.337 e. The Morgan fingerprint density at radius 3 is 2.75 bits per heavy atom. The Morgan fingerprint density at radius 1 is 1.46 bits per heavy atom. The summed E-state index contributed by atoms with van der Waals surface area (Å²) in [6.07, 6.45) is 3.25. The number of carbonyl (C=O) groups is 1. The van der Waals surface area contributed by atoms with E-state index in [1.165, 1.54) is 16.6 Å². The van der Waals surface area contributed by atoms with Gasteiger partial charge in [0.05, 0.1) is 16.8 Å². The second-order valence-electron chi connectivity index (χ2n) is 6.41. The molecule has 0 saturated carbocycles. The second-order valence-corrected chi connectivity index (χ2v) is 8.90. The van der Waals surface area contributed by atoms with Crippen LogP contribution in [0.25, 0.3) is 0 Å². The number of carboxylic acids is 1. The first kappa shape index (κ1) is 19.2. The normalized spacial score (nSPS) is 19.6. The molecule has 0 bridgehead atoms. The Hall–Kier alpha value is -1.15. The number of sulfonamides is 1. The molecule has 1 N–H and O–H groups in total. The summed E-state index contributed by atoms with van der Waals surface area (Å²) in [6.45, 7) is 2.96. The van der Waals surface area contributed by atoms with Crippen molar-refractivity contribution in [3.63, 3.8) is 0 Å². The zero-order valence-corrected chi connectivity index (χ0v) is 15.5. The van der Waals surface area contributed by atoms with E-state index < -0.39 is 16.0 Å². The molecule has 1 atom stereocenters. The summed E-state index contributed by atoms with van der Waals surface area (Å²) in [5, 5.41) is 9.25. The number of halogens is 1. The van der Waals surface area contributed by atoms with Gasteiger partial charge in [0.2, 0.25) is 10.0 Å². The van der Waals surface area contributed by atoms with Crippen molar-refractivity contribution in [1.29, 1.82) is 0 Å². The first-order valence-electron chi connectivity index (χ1n) is 7.82. The number of likely N-dealkylation sites (tertiary alicyclic amines) is 1. The predicted molar refractivity (Wildman–Crippen MR) is 93.9 cm³/mol. The topological polar surface area (TPSA) is 77.9 Å². The van der Waals surface area contributed by atoms with Crippen LogP contribution in [0, 0.1) is 5.92 Å². The van der Waals surface area contributed by atoms with Gasteiger partial charge in [0.25, 0.3) is 0 Å². The molecule has 1 heterocycles. The molecule has 1 aromatic carbocycles. The fourth-order valence-electron chi connectivity index (χ4n) is 3.03. The molecule has 8 heteroatoms. The highest BCUT2D eigenvalue weighted by atomic mass is 35.5. The lowest BCUT2D eigenvalue weighted by molar-refractivity contribution is 0.0697. The fourth-order valence-corrected chi connectivity index (χ4v) is 3.80. The molecule has 134 valence electrons. The number of aromatic carboxylic acids is 1. The summed E-state index contributed by atoms with van der Waals surface area (Å²) in [5.74, 6) is -0.736. The van der Waals surface area contributed by atoms with Gasteiger partial charge in [-0.1, -0.05) is 17.7 Å². The number of benzene rings is 1. The van der Waals surface area contributed by atoms with E-state index in [0.717, 1.165) is 31.5 Å². The van der Waals surface area contributed by atoms with Crippen LogP contribution in [0.15, 0.2) is 18.2 Å². The van der Waals surface area contributed by atoms with Gasteiger partial charge in [-0.15, -0.1) is 0 Å². The van der Waals surface area contributed by atoms with Crippen LogP contribution in [-0.2, 0) is 16.6 Å². The first-order chi connectivity index (χ1) is 11.2. The van der Waals surface area contributed by atoms with E-state index in [0.29, 0.717) is 19.0 Å². The molecule has 0 aliphatic carbocycles. The van der Waals surface area contributed by atoms with Crippen molar-refractivity contribution in [2.75, 3.05) is 32.9 Å². The average Bonchev–Trinajstić information content (AvgIpc) is 2.46. The highest BCUT2D eigenvalue weighted by molar-refractivity contribution is 7.88. The Morgan fingerprint density at radius 2 is 2.17 bits per heavy atom. The number of nitrogens with zero attached hydrogens (tertiary/aromatic N) is 2. The van der Waals surface area contributed by atoms with Gasteiger partial charge < -0.3 is 5.11 Å². The van der Waals surface area contributed by atoms with Crippen LogP contribution in [0.4, 0.5) is 0 Å². The van der Waals surface area contributed by atoms with Gasteiger partial charge in [-0.2, -0.15) is 0 Å². The van der Waals surface area contributed by atoms with E-state index in [9.17, 15) is 13.2 Å². The molecule has 1 unspecified atom stereocenters. The van der Waals surface area contributed by atoms with Crippen LogP contribution in [0.3, 0.4) is 0 Å². The number of rotatable bonds is 6. The van der Waals surface area contributed by atoms with Crippen molar-refractivity contribution >= 4 is 27.6 Å². The van der Waals surface area contributed by atoms with E-state index >= 15 is 0 Å². The summed E-state index contributed by atoms with van der Waals surface area (Å²) in [5.41, 5.74) is 1.06. The SMILES string of the molecule is CN(CC1CCCN(Cc2ccc(C(=O)O)c(Cl)c2)C1)S(C)(=O)=O. The average molecular weight is 375 g/mol. The maximum atomic E-state index is 11.6. The molecule has 2 rings (SSSR count). The largest absolute Gasteiger partial charge is 0.478 e. The van der Waals surface area contributed by atoms with Crippen LogP contribution in [-0.4, -0.2) is 61.6 Å². The standard InChI is InChI=1S/C16H23ClN2O4S/c1-18(24(2,22)23)9-13-4-3-7-19(11-13)10-12-5-6-14(16(20)21)15(17)8-12/h5-6,8,13H,3-4,7,9-11H2,1-2H3,(H,20,21). The van der Waals surface area contributed by atoms with Crippen molar-refractivity contribution in [2.24, 2.45) is 5.92 Å². The second kappa shape index (κ2) is 7.82. The Balaban J connectivity index is 1.98. The maximum absolute atomic E-state index is 11.6. The van der Waals surface area contributed by atoms with E-state index in [4.69, 9.17) is 16.7 Å². The molecule has 1 aliphatic rings. The molecular formula is C16H23ClN2O4S. The zero-order valence-electron chi connectivity index (χ0n) is 13.9. The minimum atomic E-state index is -3.16. The highest BCUT2D eigenvalue weighted by Crippen LogP contribution is 2.23. The third-order valence-electron chi connectivity index (χ3n) is 4.35.